The first kappa shape index (κ1) is 26.6. The van der Waals surface area contributed by atoms with Gasteiger partial charge in [-0.25, -0.2) is 0 Å². The van der Waals surface area contributed by atoms with Crippen molar-refractivity contribution in [3.8, 4) is 11.5 Å². The molecular weight excluding hydrogens is 435 g/mol. The molecule has 0 aliphatic carbocycles. The van der Waals surface area contributed by atoms with E-state index in [9.17, 15) is 10.0 Å². The van der Waals surface area contributed by atoms with E-state index in [0.29, 0.717) is 24.4 Å². The Morgan fingerprint density at radius 2 is 1.29 bits per heavy atom. The van der Waals surface area contributed by atoms with E-state index in [0.717, 1.165) is 65.7 Å². The van der Waals surface area contributed by atoms with Crippen molar-refractivity contribution in [1.29, 1.82) is 0 Å². The number of ether oxygens (including phenoxy) is 2. The third-order valence-electron chi connectivity index (χ3n) is 5.97. The lowest BCUT2D eigenvalue weighted by atomic mass is 9.77. The molecule has 3 aromatic rings. The summed E-state index contributed by atoms with van der Waals surface area (Å²) in [6.07, 6.45) is 4.88. The van der Waals surface area contributed by atoms with Gasteiger partial charge in [-0.15, -0.1) is 0 Å². The minimum atomic E-state index is -1.57. The summed E-state index contributed by atoms with van der Waals surface area (Å²) in [5, 5.41) is 19.9. The van der Waals surface area contributed by atoms with Crippen LogP contribution in [0.1, 0.15) is 69.6 Å². The summed E-state index contributed by atoms with van der Waals surface area (Å²) < 4.78 is 11.8. The van der Waals surface area contributed by atoms with Gasteiger partial charge in [0.1, 0.15) is 11.5 Å². The second-order valence-electron chi connectivity index (χ2n) is 8.67. The predicted molar refractivity (Wildman–Crippen MR) is 146 cm³/mol. The van der Waals surface area contributed by atoms with Crippen LogP contribution in [0.15, 0.2) is 72.8 Å². The fraction of sp³-hybridized carbons (Fsp3) is 0.333. The molecule has 35 heavy (non-hydrogen) atoms. The number of allylic oxidation sites excluding steroid dienone is 1. The lowest BCUT2D eigenvalue weighted by molar-refractivity contribution is 0.309. The van der Waals surface area contributed by atoms with E-state index in [2.05, 4.69) is 45.0 Å². The first-order chi connectivity index (χ1) is 17.1. The Morgan fingerprint density at radius 3 is 1.86 bits per heavy atom. The maximum Gasteiger partial charge on any atom is 0.488 e. The summed E-state index contributed by atoms with van der Waals surface area (Å²) in [5.41, 5.74) is 5.75. The van der Waals surface area contributed by atoms with Crippen molar-refractivity contribution in [3.05, 3.63) is 89.5 Å². The van der Waals surface area contributed by atoms with E-state index >= 15 is 0 Å². The molecule has 0 radical (unpaired) electrons. The normalized spacial score (nSPS) is 11.7. The van der Waals surface area contributed by atoms with Crippen LogP contribution in [-0.2, 0) is 0 Å². The summed E-state index contributed by atoms with van der Waals surface area (Å²) in [7, 11) is -1.57. The average Bonchev–Trinajstić information content (AvgIpc) is 2.88. The topological polar surface area (TPSA) is 58.9 Å². The van der Waals surface area contributed by atoms with Gasteiger partial charge in [0.05, 0.1) is 13.2 Å². The molecule has 0 aliphatic heterocycles. The molecule has 5 heteroatoms. The molecule has 0 heterocycles. The largest absolute Gasteiger partial charge is 0.494 e. The van der Waals surface area contributed by atoms with E-state index in [-0.39, 0.29) is 0 Å². The predicted octanol–water partition coefficient (Wildman–Crippen LogP) is 6.09. The van der Waals surface area contributed by atoms with Crippen molar-refractivity contribution < 1.29 is 19.5 Å². The first-order valence-electron chi connectivity index (χ1n) is 12.7. The SMILES string of the molecule is CCCCOc1ccc(/C(=C(\CC)c2cc(OCCCC)cc(B(O)O)c2)c2ccccc2)cc1. The Bertz CT molecular complexity index is 1080. The molecule has 0 spiro atoms. The molecule has 3 aromatic carbocycles. The van der Waals surface area contributed by atoms with Crippen LogP contribution in [0.3, 0.4) is 0 Å². The van der Waals surface area contributed by atoms with Gasteiger partial charge in [-0.3, -0.25) is 0 Å². The quantitative estimate of drug-likeness (QED) is 0.180. The lowest BCUT2D eigenvalue weighted by Gasteiger charge is -2.18. The number of unbranched alkanes of at least 4 members (excludes halogenated alkanes) is 2. The van der Waals surface area contributed by atoms with Crippen molar-refractivity contribution in [2.24, 2.45) is 0 Å². The standard InChI is InChI=1S/C30H37BO4/c1-4-7-18-34-27-16-14-24(15-17-27)30(23-12-10-9-11-13-23)29(6-3)25-20-26(31(32)33)22-28(21-25)35-19-8-5-2/h9-17,20-22,32-33H,4-8,18-19H2,1-3H3/b30-29+. The lowest BCUT2D eigenvalue weighted by Crippen LogP contribution is -2.30. The summed E-state index contributed by atoms with van der Waals surface area (Å²) in [6, 6.07) is 24.1. The highest BCUT2D eigenvalue weighted by molar-refractivity contribution is 6.58. The van der Waals surface area contributed by atoms with Crippen LogP contribution in [0.25, 0.3) is 11.1 Å². The second kappa shape index (κ2) is 13.8. The Balaban J connectivity index is 2.12. The van der Waals surface area contributed by atoms with Crippen LogP contribution in [0.4, 0.5) is 0 Å². The molecule has 0 amide bonds. The van der Waals surface area contributed by atoms with Gasteiger partial charge in [0.25, 0.3) is 0 Å². The number of benzene rings is 3. The van der Waals surface area contributed by atoms with Crippen LogP contribution in [0.5, 0.6) is 11.5 Å². The molecule has 4 nitrogen and oxygen atoms in total. The van der Waals surface area contributed by atoms with Crippen LogP contribution in [-0.4, -0.2) is 30.4 Å². The fourth-order valence-electron chi connectivity index (χ4n) is 4.06. The maximum absolute atomic E-state index is 9.96. The zero-order valence-corrected chi connectivity index (χ0v) is 21.2. The van der Waals surface area contributed by atoms with Gasteiger partial charge in [0, 0.05) is 0 Å². The Kier molecular flexibility index (Phi) is 10.5. The molecular formula is C30H37BO4. The van der Waals surface area contributed by atoms with E-state index < -0.39 is 7.12 Å². The van der Waals surface area contributed by atoms with Gasteiger partial charge < -0.3 is 19.5 Å². The van der Waals surface area contributed by atoms with E-state index in [1.807, 2.05) is 42.5 Å². The molecule has 0 bridgehead atoms. The molecule has 0 saturated carbocycles. The van der Waals surface area contributed by atoms with Crippen LogP contribution < -0.4 is 14.9 Å². The maximum atomic E-state index is 9.96. The molecule has 0 fully saturated rings. The van der Waals surface area contributed by atoms with Gasteiger partial charge in [-0.1, -0.05) is 82.1 Å². The second-order valence-corrected chi connectivity index (χ2v) is 8.67. The highest BCUT2D eigenvalue weighted by Crippen LogP contribution is 2.36. The number of hydrogen-bond acceptors (Lipinski definition) is 4. The van der Waals surface area contributed by atoms with Crippen molar-refractivity contribution in [1.82, 2.24) is 0 Å². The zero-order chi connectivity index (χ0) is 25.0. The van der Waals surface area contributed by atoms with Crippen molar-refractivity contribution in [2.75, 3.05) is 13.2 Å². The van der Waals surface area contributed by atoms with Gasteiger partial charge in [0.15, 0.2) is 0 Å². The molecule has 0 saturated heterocycles. The Labute approximate surface area is 210 Å². The van der Waals surface area contributed by atoms with Crippen LogP contribution in [0.2, 0.25) is 0 Å². The summed E-state index contributed by atoms with van der Waals surface area (Å²) in [5.74, 6) is 1.52. The molecule has 0 atom stereocenters. The highest BCUT2D eigenvalue weighted by Gasteiger charge is 2.18. The minimum Gasteiger partial charge on any atom is -0.494 e. The average molecular weight is 472 g/mol. The number of hydrogen-bond donors (Lipinski definition) is 2. The number of rotatable bonds is 13. The fourth-order valence-corrected chi connectivity index (χ4v) is 4.06. The van der Waals surface area contributed by atoms with E-state index in [4.69, 9.17) is 9.47 Å². The summed E-state index contributed by atoms with van der Waals surface area (Å²) in [6.45, 7) is 7.71. The smallest absolute Gasteiger partial charge is 0.488 e. The van der Waals surface area contributed by atoms with Crippen molar-refractivity contribution in [3.63, 3.8) is 0 Å². The minimum absolute atomic E-state index is 0.423. The van der Waals surface area contributed by atoms with E-state index in [1.54, 1.807) is 6.07 Å². The molecule has 0 aromatic heterocycles. The third kappa shape index (κ3) is 7.48. The highest BCUT2D eigenvalue weighted by atomic mass is 16.5. The summed E-state index contributed by atoms with van der Waals surface area (Å²) >= 11 is 0. The van der Waals surface area contributed by atoms with Crippen molar-refractivity contribution >= 4 is 23.7 Å². The Hall–Kier alpha value is -3.02. The first-order valence-corrected chi connectivity index (χ1v) is 12.7. The third-order valence-corrected chi connectivity index (χ3v) is 5.97. The van der Waals surface area contributed by atoms with Crippen molar-refractivity contribution in [2.45, 2.75) is 52.9 Å². The zero-order valence-electron chi connectivity index (χ0n) is 21.2. The molecule has 0 aliphatic rings. The van der Waals surface area contributed by atoms with Gasteiger partial charge in [0.2, 0.25) is 0 Å². The van der Waals surface area contributed by atoms with Gasteiger partial charge in [-0.2, -0.15) is 0 Å². The Morgan fingerprint density at radius 1 is 0.686 bits per heavy atom. The van der Waals surface area contributed by atoms with Gasteiger partial charge >= 0.3 is 7.12 Å². The molecule has 2 N–H and O–H groups in total. The van der Waals surface area contributed by atoms with Gasteiger partial charge in [-0.05, 0) is 76.8 Å². The monoisotopic (exact) mass is 472 g/mol. The summed E-state index contributed by atoms with van der Waals surface area (Å²) in [4.78, 5) is 0. The van der Waals surface area contributed by atoms with Crippen LogP contribution in [0, 0.1) is 0 Å². The van der Waals surface area contributed by atoms with E-state index in [1.165, 1.54) is 0 Å². The molecule has 184 valence electrons. The van der Waals surface area contributed by atoms with Crippen LogP contribution >= 0.6 is 0 Å². The molecule has 3 rings (SSSR count). The molecule has 0 unspecified atom stereocenters.